The topological polar surface area (TPSA) is 50.2 Å². The molecule has 3 rings (SSSR count). The van der Waals surface area contributed by atoms with Crippen molar-refractivity contribution in [2.24, 2.45) is 0 Å². The van der Waals surface area contributed by atoms with Crippen molar-refractivity contribution in [3.8, 4) is 0 Å². The fourth-order valence-corrected chi connectivity index (χ4v) is 3.91. The van der Waals surface area contributed by atoms with Gasteiger partial charge in [-0.1, -0.05) is 13.3 Å². The zero-order valence-corrected chi connectivity index (χ0v) is 16.3. The molecule has 2 atom stereocenters. The molecule has 1 aromatic carbocycles. The van der Waals surface area contributed by atoms with Crippen molar-refractivity contribution >= 4 is 10.9 Å². The van der Waals surface area contributed by atoms with Gasteiger partial charge in [0.15, 0.2) is 5.82 Å². The zero-order valence-electron chi connectivity index (χ0n) is 16.3. The third-order valence-electron chi connectivity index (χ3n) is 5.36. The van der Waals surface area contributed by atoms with Gasteiger partial charge >= 0.3 is 0 Å². The summed E-state index contributed by atoms with van der Waals surface area (Å²) in [5.41, 5.74) is -0.415. The predicted molar refractivity (Wildman–Crippen MR) is 103 cm³/mol. The number of rotatable bonds is 5. The number of nitrogens with one attached hydrogen (secondary N) is 1. The van der Waals surface area contributed by atoms with E-state index >= 15 is 0 Å². The van der Waals surface area contributed by atoms with Crippen molar-refractivity contribution in [2.45, 2.75) is 58.7 Å². The van der Waals surface area contributed by atoms with Gasteiger partial charge in [0.2, 0.25) is 0 Å². The summed E-state index contributed by atoms with van der Waals surface area (Å²) in [4.78, 5) is 19.8. The van der Waals surface area contributed by atoms with E-state index in [-0.39, 0.29) is 22.5 Å². The molecule has 0 radical (unpaired) electrons. The average molecular weight is 378 g/mol. The summed E-state index contributed by atoms with van der Waals surface area (Å²) >= 11 is 0. The van der Waals surface area contributed by atoms with Crippen LogP contribution in [0, 0.1) is 11.6 Å². The fourth-order valence-electron chi connectivity index (χ4n) is 3.91. The smallest absolute Gasteiger partial charge is 0.261 e. The van der Waals surface area contributed by atoms with Crippen LogP contribution in [0.1, 0.15) is 51.9 Å². The highest BCUT2D eigenvalue weighted by Gasteiger charge is 2.27. The van der Waals surface area contributed by atoms with Crippen LogP contribution in [0.5, 0.6) is 0 Å². The fraction of sp³-hybridized carbons (Fsp3) is 0.600. The van der Waals surface area contributed by atoms with Crippen molar-refractivity contribution in [3.05, 3.63) is 39.9 Å². The Morgan fingerprint density at radius 1 is 1.30 bits per heavy atom. The number of halogens is 2. The molecule has 1 saturated heterocycles. The largest absolute Gasteiger partial charge is 0.313 e. The van der Waals surface area contributed by atoms with E-state index < -0.39 is 11.6 Å². The summed E-state index contributed by atoms with van der Waals surface area (Å²) in [5, 5.41) is 3.48. The molecule has 0 saturated carbocycles. The quantitative estimate of drug-likeness (QED) is 0.868. The molecule has 148 valence electrons. The summed E-state index contributed by atoms with van der Waals surface area (Å²) in [6.07, 6.45) is 2.76. The van der Waals surface area contributed by atoms with Gasteiger partial charge in [0.25, 0.3) is 5.56 Å². The minimum Gasteiger partial charge on any atom is -0.313 e. The maximum Gasteiger partial charge on any atom is 0.261 e. The highest BCUT2D eigenvalue weighted by molar-refractivity contribution is 5.78. The number of fused-ring (bicyclic) bond motifs is 1. The lowest BCUT2D eigenvalue weighted by molar-refractivity contribution is 0.184. The van der Waals surface area contributed by atoms with Crippen molar-refractivity contribution in [1.29, 1.82) is 0 Å². The lowest BCUT2D eigenvalue weighted by Crippen LogP contribution is -2.37. The first kappa shape index (κ1) is 19.9. The molecule has 5 nitrogen and oxygen atoms in total. The van der Waals surface area contributed by atoms with Gasteiger partial charge in [-0.05, 0) is 32.8 Å². The van der Waals surface area contributed by atoms with E-state index in [1.165, 1.54) is 0 Å². The molecule has 2 heterocycles. The summed E-state index contributed by atoms with van der Waals surface area (Å²) in [6, 6.07) is 2.25. The van der Waals surface area contributed by atoms with Gasteiger partial charge in [-0.15, -0.1) is 0 Å². The Morgan fingerprint density at radius 2 is 2.07 bits per heavy atom. The molecule has 27 heavy (non-hydrogen) atoms. The second kappa shape index (κ2) is 8.44. The minimum absolute atomic E-state index is 0.000459. The van der Waals surface area contributed by atoms with Crippen molar-refractivity contribution in [3.63, 3.8) is 0 Å². The van der Waals surface area contributed by atoms with Crippen LogP contribution in [0.3, 0.4) is 0 Å². The van der Waals surface area contributed by atoms with Gasteiger partial charge < -0.3 is 5.32 Å². The van der Waals surface area contributed by atoms with Gasteiger partial charge in [-0.25, -0.2) is 13.8 Å². The zero-order chi connectivity index (χ0) is 19.6. The molecule has 1 unspecified atom stereocenters. The van der Waals surface area contributed by atoms with Crippen LogP contribution in [0.4, 0.5) is 8.78 Å². The van der Waals surface area contributed by atoms with Gasteiger partial charge in [-0.2, -0.15) is 0 Å². The van der Waals surface area contributed by atoms with E-state index in [0.29, 0.717) is 18.4 Å². The molecule has 2 aromatic rings. The molecule has 0 spiro atoms. The van der Waals surface area contributed by atoms with Crippen LogP contribution < -0.4 is 10.9 Å². The molecule has 0 aliphatic carbocycles. The van der Waals surface area contributed by atoms with Crippen molar-refractivity contribution in [2.75, 3.05) is 19.6 Å². The minimum atomic E-state index is -0.784. The normalized spacial score (nSPS) is 20.0. The molecular weight excluding hydrogens is 350 g/mol. The molecule has 1 fully saturated rings. The maximum atomic E-state index is 14.4. The number of hydrogen-bond acceptors (Lipinski definition) is 4. The Balaban J connectivity index is 2.15. The van der Waals surface area contributed by atoms with Crippen LogP contribution >= 0.6 is 0 Å². The van der Waals surface area contributed by atoms with Crippen LogP contribution in [-0.2, 0) is 6.54 Å². The highest BCUT2D eigenvalue weighted by atomic mass is 19.1. The first-order chi connectivity index (χ1) is 13.0. The molecule has 7 heteroatoms. The van der Waals surface area contributed by atoms with Crippen molar-refractivity contribution in [1.82, 2.24) is 19.8 Å². The third kappa shape index (κ3) is 4.04. The lowest BCUT2D eigenvalue weighted by Gasteiger charge is -2.31. The average Bonchev–Trinajstić information content (AvgIpc) is 2.85. The highest BCUT2D eigenvalue weighted by Crippen LogP contribution is 2.27. The second-order valence-electron chi connectivity index (χ2n) is 7.29. The molecule has 0 amide bonds. The number of nitrogens with zero attached hydrogens (tertiary/aromatic N) is 3. The van der Waals surface area contributed by atoms with Gasteiger partial charge in [0.1, 0.15) is 17.2 Å². The standard InChI is InChI=1S/C20H28F2N4O/c1-4-6-17(25-9-7-13(3)23-8-10-25)19-24-18-15(20(27)26(19)5-2)11-14(21)12-16(18)22/h11-13,17,23H,4-10H2,1-3H3/t13-,17?/m0/s1. The Morgan fingerprint density at radius 3 is 2.78 bits per heavy atom. The van der Waals surface area contributed by atoms with Gasteiger partial charge in [-0.3, -0.25) is 14.3 Å². The van der Waals surface area contributed by atoms with Gasteiger partial charge in [0, 0.05) is 38.3 Å². The molecule has 1 aromatic heterocycles. The van der Waals surface area contributed by atoms with E-state index in [1.54, 1.807) is 4.57 Å². The third-order valence-corrected chi connectivity index (χ3v) is 5.36. The SMILES string of the molecule is CCCC(c1nc2c(F)cc(F)cc2c(=O)n1CC)N1CCN[C@@H](C)CC1. The van der Waals surface area contributed by atoms with Crippen LogP contribution in [-0.4, -0.2) is 40.1 Å². The van der Waals surface area contributed by atoms with E-state index in [4.69, 9.17) is 0 Å². The summed E-state index contributed by atoms with van der Waals surface area (Å²) in [5.74, 6) is -0.961. The van der Waals surface area contributed by atoms with E-state index in [0.717, 1.165) is 51.0 Å². The lowest BCUT2D eigenvalue weighted by atomic mass is 10.1. The molecule has 0 bridgehead atoms. The van der Waals surface area contributed by atoms with Crippen LogP contribution in [0.2, 0.25) is 0 Å². The summed E-state index contributed by atoms with van der Waals surface area (Å²) in [6.45, 7) is 9.14. The molecule has 1 aliphatic rings. The Labute approximate surface area is 158 Å². The van der Waals surface area contributed by atoms with Crippen LogP contribution in [0.15, 0.2) is 16.9 Å². The van der Waals surface area contributed by atoms with Gasteiger partial charge in [0.05, 0.1) is 11.4 Å². The Kier molecular flexibility index (Phi) is 6.22. The van der Waals surface area contributed by atoms with Crippen molar-refractivity contribution < 1.29 is 8.78 Å². The summed E-state index contributed by atoms with van der Waals surface area (Å²) in [7, 11) is 0. The first-order valence-electron chi connectivity index (χ1n) is 9.83. The molecule has 1 aliphatic heterocycles. The maximum absolute atomic E-state index is 14.4. The molecule has 1 N–H and O–H groups in total. The Hall–Kier alpha value is -1.86. The number of hydrogen-bond donors (Lipinski definition) is 1. The van der Waals surface area contributed by atoms with E-state index in [1.807, 2.05) is 6.92 Å². The Bertz CT molecular complexity index is 867. The van der Waals surface area contributed by atoms with E-state index in [2.05, 4.69) is 29.0 Å². The molecular formula is C20H28F2N4O. The first-order valence-corrected chi connectivity index (χ1v) is 9.83. The predicted octanol–water partition coefficient (Wildman–Crippen LogP) is 3.22. The summed E-state index contributed by atoms with van der Waals surface area (Å²) < 4.78 is 29.6. The number of aromatic nitrogens is 2. The van der Waals surface area contributed by atoms with Crippen LogP contribution in [0.25, 0.3) is 10.9 Å². The number of benzene rings is 1. The van der Waals surface area contributed by atoms with E-state index in [9.17, 15) is 13.6 Å². The second-order valence-corrected chi connectivity index (χ2v) is 7.29. The monoisotopic (exact) mass is 378 g/mol.